The van der Waals surface area contributed by atoms with Gasteiger partial charge in [-0.05, 0) is 36.5 Å². The summed E-state index contributed by atoms with van der Waals surface area (Å²) in [5.41, 5.74) is 1.59. The number of esters is 1. The van der Waals surface area contributed by atoms with Gasteiger partial charge in [-0.25, -0.2) is 4.79 Å². The lowest BCUT2D eigenvalue weighted by Crippen LogP contribution is -2.38. The molecule has 0 radical (unpaired) electrons. The molecule has 0 saturated heterocycles. The predicted molar refractivity (Wildman–Crippen MR) is 122 cm³/mol. The standard InChI is InChI=1S/C22H21N3O6S/c1-29-21(28)15-4-2-3-5-16(15)24-22(32)25(6-7-26)11-14-8-13-9-18-19(31-12-30-18)10-17(13)23-20(14)27/h2-5,8-10,26H,6-7,11-12H2,1H3,(H,23,27)(H,24,32). The summed E-state index contributed by atoms with van der Waals surface area (Å²) in [6, 6.07) is 12.1. The lowest BCUT2D eigenvalue weighted by atomic mass is 10.1. The Labute approximate surface area is 188 Å². The number of thiocarbonyl (C=S) groups is 1. The van der Waals surface area contributed by atoms with Crippen LogP contribution in [0.1, 0.15) is 15.9 Å². The van der Waals surface area contributed by atoms with Crippen molar-refractivity contribution in [1.82, 2.24) is 9.88 Å². The fourth-order valence-electron chi connectivity index (χ4n) is 3.41. The molecule has 0 spiro atoms. The molecule has 1 aromatic heterocycles. The summed E-state index contributed by atoms with van der Waals surface area (Å²) in [4.78, 5) is 29.2. The molecule has 0 aliphatic carbocycles. The maximum Gasteiger partial charge on any atom is 0.339 e. The number of aliphatic hydroxyl groups excluding tert-OH is 1. The van der Waals surface area contributed by atoms with E-state index in [-0.39, 0.29) is 37.2 Å². The van der Waals surface area contributed by atoms with Crippen molar-refractivity contribution < 1.29 is 24.1 Å². The van der Waals surface area contributed by atoms with Gasteiger partial charge < -0.3 is 34.5 Å². The molecule has 0 fully saturated rings. The van der Waals surface area contributed by atoms with Gasteiger partial charge >= 0.3 is 5.97 Å². The molecule has 1 aliphatic rings. The zero-order valence-corrected chi connectivity index (χ0v) is 18.0. The van der Waals surface area contributed by atoms with Crippen LogP contribution in [0.25, 0.3) is 10.9 Å². The van der Waals surface area contributed by atoms with E-state index in [1.807, 2.05) is 0 Å². The molecule has 1 aliphatic heterocycles. The molecular formula is C22H21N3O6S. The molecule has 2 aromatic carbocycles. The Balaban J connectivity index is 1.60. The normalized spacial score (nSPS) is 11.9. The van der Waals surface area contributed by atoms with Gasteiger partial charge in [0.25, 0.3) is 5.56 Å². The van der Waals surface area contributed by atoms with Crippen LogP contribution in [0, 0.1) is 0 Å². The number of aliphatic hydroxyl groups is 1. The number of pyridine rings is 1. The minimum atomic E-state index is -0.505. The number of anilines is 1. The van der Waals surface area contributed by atoms with Crippen molar-refractivity contribution in [1.29, 1.82) is 0 Å². The molecular weight excluding hydrogens is 434 g/mol. The molecule has 0 amide bonds. The Bertz CT molecular complexity index is 1240. The molecule has 3 N–H and O–H groups in total. The lowest BCUT2D eigenvalue weighted by molar-refractivity contribution is 0.0602. The minimum absolute atomic E-state index is 0.139. The average Bonchev–Trinajstić information content (AvgIpc) is 3.24. The number of nitrogens with zero attached hydrogens (tertiary/aromatic N) is 1. The molecule has 0 bridgehead atoms. The highest BCUT2D eigenvalue weighted by Gasteiger charge is 2.18. The predicted octanol–water partition coefficient (Wildman–Crippen LogP) is 2.23. The average molecular weight is 455 g/mol. The second-order valence-electron chi connectivity index (χ2n) is 7.03. The van der Waals surface area contributed by atoms with Crippen LogP contribution in [0.2, 0.25) is 0 Å². The van der Waals surface area contributed by atoms with Gasteiger partial charge in [-0.3, -0.25) is 4.79 Å². The van der Waals surface area contributed by atoms with E-state index in [1.165, 1.54) is 7.11 Å². The van der Waals surface area contributed by atoms with E-state index >= 15 is 0 Å². The lowest BCUT2D eigenvalue weighted by Gasteiger charge is -2.25. The third-order valence-corrected chi connectivity index (χ3v) is 5.37. The number of fused-ring (bicyclic) bond motifs is 2. The van der Waals surface area contributed by atoms with Crippen LogP contribution >= 0.6 is 12.2 Å². The Morgan fingerprint density at radius 2 is 2.00 bits per heavy atom. The third kappa shape index (κ3) is 4.36. The van der Waals surface area contributed by atoms with Crippen molar-refractivity contribution in [2.45, 2.75) is 6.54 Å². The zero-order chi connectivity index (χ0) is 22.7. The molecule has 10 heteroatoms. The first kappa shape index (κ1) is 21.6. The van der Waals surface area contributed by atoms with E-state index in [2.05, 4.69) is 10.3 Å². The number of methoxy groups -OCH3 is 1. The summed E-state index contributed by atoms with van der Waals surface area (Å²) >= 11 is 5.51. The van der Waals surface area contributed by atoms with Crippen LogP contribution in [-0.2, 0) is 11.3 Å². The number of nitrogens with one attached hydrogen (secondary N) is 2. The number of aromatic nitrogens is 1. The first-order valence-corrected chi connectivity index (χ1v) is 10.2. The summed E-state index contributed by atoms with van der Waals surface area (Å²) in [5.74, 6) is 0.686. The SMILES string of the molecule is COC(=O)c1ccccc1NC(=S)N(CCO)Cc1cc2cc3c(cc2[nH]c1=O)OCO3. The van der Waals surface area contributed by atoms with E-state index in [1.54, 1.807) is 47.4 Å². The number of H-pyrrole nitrogens is 1. The second-order valence-corrected chi connectivity index (χ2v) is 7.42. The van der Waals surface area contributed by atoms with Crippen LogP contribution < -0.4 is 20.3 Å². The van der Waals surface area contributed by atoms with Crippen LogP contribution in [-0.4, -0.2) is 53.1 Å². The Kier molecular flexibility index (Phi) is 6.24. The van der Waals surface area contributed by atoms with Gasteiger partial charge in [0, 0.05) is 23.6 Å². The topological polar surface area (TPSA) is 113 Å². The number of para-hydroxylation sites is 1. The second kappa shape index (κ2) is 9.25. The third-order valence-electron chi connectivity index (χ3n) is 5.01. The monoisotopic (exact) mass is 455 g/mol. The highest BCUT2D eigenvalue weighted by Crippen LogP contribution is 2.35. The van der Waals surface area contributed by atoms with Crippen molar-refractivity contribution in [3.8, 4) is 11.5 Å². The Hall–Kier alpha value is -3.63. The number of hydrogen-bond acceptors (Lipinski definition) is 7. The fraction of sp³-hybridized carbons (Fsp3) is 0.227. The molecule has 0 atom stereocenters. The van der Waals surface area contributed by atoms with E-state index in [9.17, 15) is 14.7 Å². The number of rotatable bonds is 6. The van der Waals surface area contributed by atoms with Crippen molar-refractivity contribution >= 4 is 39.9 Å². The van der Waals surface area contributed by atoms with Gasteiger partial charge in [0.2, 0.25) is 6.79 Å². The number of ether oxygens (including phenoxy) is 3. The van der Waals surface area contributed by atoms with Gasteiger partial charge in [-0.1, -0.05) is 12.1 Å². The fourth-order valence-corrected chi connectivity index (χ4v) is 3.68. The molecule has 3 aromatic rings. The van der Waals surface area contributed by atoms with Crippen LogP contribution in [0.3, 0.4) is 0 Å². The van der Waals surface area contributed by atoms with Gasteiger partial charge in [0.1, 0.15) is 0 Å². The van der Waals surface area contributed by atoms with Crippen molar-refractivity contribution in [3.63, 3.8) is 0 Å². The van der Waals surface area contributed by atoms with Crippen molar-refractivity contribution in [3.05, 3.63) is 63.9 Å². The largest absolute Gasteiger partial charge is 0.465 e. The number of aromatic amines is 1. The quantitative estimate of drug-likeness (QED) is 0.380. The minimum Gasteiger partial charge on any atom is -0.465 e. The summed E-state index contributed by atoms with van der Waals surface area (Å²) < 4.78 is 15.6. The summed E-state index contributed by atoms with van der Waals surface area (Å²) in [6.07, 6.45) is 0. The van der Waals surface area contributed by atoms with E-state index in [0.717, 1.165) is 5.39 Å². The Morgan fingerprint density at radius 3 is 2.75 bits per heavy atom. The Morgan fingerprint density at radius 1 is 1.25 bits per heavy atom. The van der Waals surface area contributed by atoms with Crippen LogP contribution in [0.5, 0.6) is 11.5 Å². The van der Waals surface area contributed by atoms with Crippen LogP contribution in [0.15, 0.2) is 47.3 Å². The zero-order valence-electron chi connectivity index (χ0n) is 17.2. The number of benzene rings is 2. The summed E-state index contributed by atoms with van der Waals surface area (Å²) in [6.45, 7) is 0.294. The number of hydrogen-bond donors (Lipinski definition) is 3. The van der Waals surface area contributed by atoms with E-state index in [0.29, 0.717) is 33.8 Å². The summed E-state index contributed by atoms with van der Waals surface area (Å²) in [7, 11) is 1.30. The van der Waals surface area contributed by atoms with Crippen LogP contribution in [0.4, 0.5) is 5.69 Å². The van der Waals surface area contributed by atoms with E-state index < -0.39 is 5.97 Å². The molecule has 9 nitrogen and oxygen atoms in total. The molecule has 0 saturated carbocycles. The maximum absolute atomic E-state index is 12.7. The molecule has 32 heavy (non-hydrogen) atoms. The van der Waals surface area contributed by atoms with Gasteiger partial charge in [0.05, 0.1) is 37.0 Å². The highest BCUT2D eigenvalue weighted by molar-refractivity contribution is 7.80. The van der Waals surface area contributed by atoms with E-state index in [4.69, 9.17) is 26.4 Å². The highest BCUT2D eigenvalue weighted by atomic mass is 32.1. The van der Waals surface area contributed by atoms with Gasteiger partial charge in [-0.15, -0.1) is 0 Å². The molecule has 166 valence electrons. The molecule has 2 heterocycles. The maximum atomic E-state index is 12.7. The van der Waals surface area contributed by atoms with Crippen molar-refractivity contribution in [2.24, 2.45) is 0 Å². The van der Waals surface area contributed by atoms with Crippen molar-refractivity contribution in [2.75, 3.05) is 32.4 Å². The summed E-state index contributed by atoms with van der Waals surface area (Å²) in [5, 5.41) is 13.6. The first-order valence-electron chi connectivity index (χ1n) is 9.80. The van der Waals surface area contributed by atoms with Gasteiger partial charge in [-0.2, -0.15) is 0 Å². The number of carbonyl (C=O) groups is 1. The smallest absolute Gasteiger partial charge is 0.339 e. The number of carbonyl (C=O) groups excluding carboxylic acids is 1. The molecule has 4 rings (SSSR count). The van der Waals surface area contributed by atoms with Gasteiger partial charge in [0.15, 0.2) is 16.6 Å². The molecule has 0 unspecified atom stereocenters. The first-order chi connectivity index (χ1) is 15.5.